The second-order valence-electron chi connectivity index (χ2n) is 8.04. The molecule has 0 radical (unpaired) electrons. The minimum atomic E-state index is -0.430. The van der Waals surface area contributed by atoms with Gasteiger partial charge in [-0.1, -0.05) is 42.5 Å². The minimum absolute atomic E-state index is 0.0266. The van der Waals surface area contributed by atoms with Gasteiger partial charge in [-0.15, -0.1) is 0 Å². The van der Waals surface area contributed by atoms with Gasteiger partial charge < -0.3 is 9.88 Å². The number of nitrogens with zero attached hydrogens (tertiary/aromatic N) is 4. The third kappa shape index (κ3) is 3.86. The van der Waals surface area contributed by atoms with Gasteiger partial charge in [0.15, 0.2) is 0 Å². The van der Waals surface area contributed by atoms with E-state index in [1.54, 1.807) is 47.4 Å². The van der Waals surface area contributed by atoms with Gasteiger partial charge in [-0.25, -0.2) is 4.98 Å². The molecule has 0 saturated heterocycles. The van der Waals surface area contributed by atoms with Crippen LogP contribution in [0.1, 0.15) is 34.5 Å². The van der Waals surface area contributed by atoms with Crippen LogP contribution in [0.25, 0.3) is 16.7 Å². The SMILES string of the molecule is CC(NC(=O)c1cc2c(=O)n3ccccc3nc2n(Cc2cccnc2)c1=N)c1ccccc1. The second kappa shape index (κ2) is 8.74. The van der Waals surface area contributed by atoms with Crippen molar-refractivity contribution in [3.05, 3.63) is 118 Å². The molecule has 0 fully saturated rings. The molecule has 8 nitrogen and oxygen atoms in total. The Kier molecular flexibility index (Phi) is 5.47. The Morgan fingerprint density at radius 1 is 1.09 bits per heavy atom. The number of fused-ring (bicyclic) bond motifs is 2. The maximum absolute atomic E-state index is 13.3. The highest BCUT2D eigenvalue weighted by molar-refractivity contribution is 5.97. The third-order valence-corrected chi connectivity index (χ3v) is 5.77. The van der Waals surface area contributed by atoms with Crippen LogP contribution in [0.15, 0.2) is 90.1 Å². The molecule has 168 valence electrons. The molecule has 1 amide bonds. The zero-order valence-corrected chi connectivity index (χ0v) is 18.5. The number of carbonyl (C=O) groups is 1. The van der Waals surface area contributed by atoms with Crippen LogP contribution in [0.4, 0.5) is 0 Å². The molecule has 5 rings (SSSR count). The van der Waals surface area contributed by atoms with E-state index in [-0.39, 0.29) is 34.6 Å². The van der Waals surface area contributed by atoms with Gasteiger partial charge in [0.25, 0.3) is 11.5 Å². The molecule has 0 spiro atoms. The standard InChI is InChI=1S/C26H22N6O2/c1-17(19-9-3-2-4-10-19)29-25(33)20-14-21-24(30-22-11-5-6-13-31(22)26(21)34)32(23(20)27)16-18-8-7-12-28-15-18/h2-15,17,27H,16H2,1H3,(H,29,33). The number of nitrogens with one attached hydrogen (secondary N) is 2. The number of carbonyl (C=O) groups excluding carboxylic acids is 1. The zero-order chi connectivity index (χ0) is 23.7. The molecule has 1 aromatic carbocycles. The van der Waals surface area contributed by atoms with Crippen LogP contribution < -0.4 is 16.4 Å². The summed E-state index contributed by atoms with van der Waals surface area (Å²) in [6.45, 7) is 2.12. The largest absolute Gasteiger partial charge is 0.345 e. The summed E-state index contributed by atoms with van der Waals surface area (Å²) in [5.41, 5.74) is 2.36. The third-order valence-electron chi connectivity index (χ3n) is 5.77. The van der Waals surface area contributed by atoms with Gasteiger partial charge in [0.1, 0.15) is 16.8 Å². The van der Waals surface area contributed by atoms with Crippen molar-refractivity contribution in [1.82, 2.24) is 24.3 Å². The molecule has 0 saturated carbocycles. The van der Waals surface area contributed by atoms with Crippen LogP contribution in [0.3, 0.4) is 0 Å². The summed E-state index contributed by atoms with van der Waals surface area (Å²) in [5, 5.41) is 12.1. The molecule has 5 aromatic rings. The summed E-state index contributed by atoms with van der Waals surface area (Å²) in [4.78, 5) is 35.4. The summed E-state index contributed by atoms with van der Waals surface area (Å²) in [5.74, 6) is -0.430. The highest BCUT2D eigenvalue weighted by Crippen LogP contribution is 2.15. The van der Waals surface area contributed by atoms with Crippen LogP contribution in [0.5, 0.6) is 0 Å². The predicted octanol–water partition coefficient (Wildman–Crippen LogP) is 3.06. The molecule has 4 aromatic heterocycles. The van der Waals surface area contributed by atoms with Crippen molar-refractivity contribution in [2.45, 2.75) is 19.5 Å². The van der Waals surface area contributed by atoms with Gasteiger partial charge in [0, 0.05) is 18.6 Å². The number of rotatable bonds is 5. The molecule has 2 N–H and O–H groups in total. The second-order valence-corrected chi connectivity index (χ2v) is 8.04. The molecule has 34 heavy (non-hydrogen) atoms. The molecular weight excluding hydrogens is 428 g/mol. The van der Waals surface area contributed by atoms with Gasteiger partial charge in [-0.05, 0) is 42.3 Å². The molecule has 1 unspecified atom stereocenters. The number of hydrogen-bond acceptors (Lipinski definition) is 5. The van der Waals surface area contributed by atoms with E-state index in [1.807, 2.05) is 43.3 Å². The number of pyridine rings is 3. The summed E-state index contributed by atoms with van der Waals surface area (Å²) < 4.78 is 3.03. The van der Waals surface area contributed by atoms with E-state index >= 15 is 0 Å². The van der Waals surface area contributed by atoms with Crippen molar-refractivity contribution in [2.24, 2.45) is 0 Å². The first-order valence-electron chi connectivity index (χ1n) is 10.9. The van der Waals surface area contributed by atoms with Gasteiger partial charge in [0.05, 0.1) is 23.5 Å². The van der Waals surface area contributed by atoms with E-state index in [4.69, 9.17) is 5.41 Å². The summed E-state index contributed by atoms with van der Waals surface area (Å²) in [6.07, 6.45) is 5.00. The van der Waals surface area contributed by atoms with E-state index in [9.17, 15) is 9.59 Å². The Bertz CT molecular complexity index is 1620. The Morgan fingerprint density at radius 2 is 1.88 bits per heavy atom. The number of amides is 1. The fourth-order valence-corrected chi connectivity index (χ4v) is 3.99. The Morgan fingerprint density at radius 3 is 2.65 bits per heavy atom. The molecule has 0 aliphatic heterocycles. The Hall–Kier alpha value is -4.59. The van der Waals surface area contributed by atoms with E-state index in [1.165, 1.54) is 10.5 Å². The van der Waals surface area contributed by atoms with Crippen LogP contribution in [0, 0.1) is 5.41 Å². The van der Waals surface area contributed by atoms with Crippen molar-refractivity contribution in [1.29, 1.82) is 5.41 Å². The van der Waals surface area contributed by atoms with Crippen LogP contribution in [-0.2, 0) is 6.54 Å². The van der Waals surface area contributed by atoms with Crippen molar-refractivity contribution in [3.63, 3.8) is 0 Å². The smallest absolute Gasteiger partial charge is 0.267 e. The maximum Gasteiger partial charge on any atom is 0.267 e. The first-order valence-corrected chi connectivity index (χ1v) is 10.9. The molecule has 0 bridgehead atoms. The van der Waals surface area contributed by atoms with Crippen molar-refractivity contribution >= 4 is 22.6 Å². The monoisotopic (exact) mass is 450 g/mol. The summed E-state index contributed by atoms with van der Waals surface area (Å²) in [7, 11) is 0. The fraction of sp³-hybridized carbons (Fsp3) is 0.115. The molecular formula is C26H22N6O2. The van der Waals surface area contributed by atoms with E-state index in [0.717, 1.165) is 11.1 Å². The molecule has 4 heterocycles. The molecule has 0 aliphatic carbocycles. The summed E-state index contributed by atoms with van der Waals surface area (Å²) >= 11 is 0. The molecule has 8 heteroatoms. The van der Waals surface area contributed by atoms with Crippen molar-refractivity contribution in [3.8, 4) is 0 Å². The summed E-state index contributed by atoms with van der Waals surface area (Å²) in [6, 6.07) is 19.7. The minimum Gasteiger partial charge on any atom is -0.345 e. The van der Waals surface area contributed by atoms with Gasteiger partial charge in [-0.3, -0.25) is 24.4 Å². The van der Waals surface area contributed by atoms with Gasteiger partial charge in [0.2, 0.25) is 0 Å². The average molecular weight is 451 g/mol. The molecule has 0 aliphatic rings. The highest BCUT2D eigenvalue weighted by atomic mass is 16.2. The van der Waals surface area contributed by atoms with Crippen LogP contribution in [0.2, 0.25) is 0 Å². The number of hydrogen-bond donors (Lipinski definition) is 2. The van der Waals surface area contributed by atoms with Gasteiger partial charge in [-0.2, -0.15) is 0 Å². The lowest BCUT2D eigenvalue weighted by molar-refractivity contribution is 0.0937. The number of benzene rings is 1. The zero-order valence-electron chi connectivity index (χ0n) is 18.5. The fourth-order valence-electron chi connectivity index (χ4n) is 3.99. The average Bonchev–Trinajstić information content (AvgIpc) is 2.87. The lowest BCUT2D eigenvalue weighted by Crippen LogP contribution is -2.36. The van der Waals surface area contributed by atoms with E-state index < -0.39 is 5.91 Å². The first kappa shape index (κ1) is 21.3. The number of aromatic nitrogens is 4. The topological polar surface area (TPSA) is 105 Å². The Labute approximate surface area is 194 Å². The lowest BCUT2D eigenvalue weighted by atomic mass is 10.1. The van der Waals surface area contributed by atoms with Gasteiger partial charge >= 0.3 is 0 Å². The van der Waals surface area contributed by atoms with E-state index in [2.05, 4.69) is 15.3 Å². The van der Waals surface area contributed by atoms with Crippen LogP contribution >= 0.6 is 0 Å². The molecule has 1 atom stereocenters. The van der Waals surface area contributed by atoms with E-state index in [0.29, 0.717) is 11.3 Å². The quantitative estimate of drug-likeness (QED) is 0.402. The van der Waals surface area contributed by atoms with Crippen molar-refractivity contribution < 1.29 is 4.79 Å². The normalized spacial score (nSPS) is 12.0. The predicted molar refractivity (Wildman–Crippen MR) is 128 cm³/mol. The highest BCUT2D eigenvalue weighted by Gasteiger charge is 2.19. The maximum atomic E-state index is 13.3. The first-order chi connectivity index (χ1) is 16.5. The lowest BCUT2D eigenvalue weighted by Gasteiger charge is -2.17. The Balaban J connectivity index is 1.69. The van der Waals surface area contributed by atoms with Crippen LogP contribution in [-0.4, -0.2) is 24.8 Å². The van der Waals surface area contributed by atoms with Crippen molar-refractivity contribution in [2.75, 3.05) is 0 Å².